The molecule has 0 aliphatic rings. The zero-order chi connectivity index (χ0) is 18.3. The fraction of sp³-hybridized carbons (Fsp3) is 0.692. The number of hydrogen-bond donors (Lipinski definition) is 0. The highest BCUT2D eigenvalue weighted by Gasteiger charge is 2.57. The second-order valence-corrected chi connectivity index (χ2v) is 4.79. The minimum Gasteiger partial charge on any atom is -0.461 e. The first-order valence-corrected chi connectivity index (χ1v) is 6.39. The maximum absolute atomic E-state index is 12.8. The van der Waals surface area contributed by atoms with Crippen molar-refractivity contribution in [2.45, 2.75) is 45.0 Å². The van der Waals surface area contributed by atoms with Crippen molar-refractivity contribution in [2.24, 2.45) is 0 Å². The van der Waals surface area contributed by atoms with Gasteiger partial charge in [-0.05, 0) is 19.9 Å². The maximum Gasteiger partial charge on any atom is 0.425 e. The van der Waals surface area contributed by atoms with Crippen molar-refractivity contribution in [2.75, 3.05) is 13.2 Å². The predicted molar refractivity (Wildman–Crippen MR) is 66.5 cm³/mol. The molecule has 0 spiro atoms. The maximum atomic E-state index is 12.8. The van der Waals surface area contributed by atoms with Gasteiger partial charge >= 0.3 is 24.0 Å². The molecule has 0 aliphatic carbocycles. The molecule has 0 N–H and O–H groups in total. The Hall–Kier alpha value is -1.74. The van der Waals surface area contributed by atoms with Gasteiger partial charge in [-0.25, -0.2) is 4.39 Å². The van der Waals surface area contributed by atoms with Gasteiger partial charge in [0, 0.05) is 0 Å². The minimum atomic E-state index is -5.77. The van der Waals surface area contributed by atoms with Crippen molar-refractivity contribution in [1.29, 1.82) is 0 Å². The molecule has 0 aliphatic heterocycles. The summed E-state index contributed by atoms with van der Waals surface area (Å²) in [5.74, 6) is -7.08. The van der Waals surface area contributed by atoms with Crippen molar-refractivity contribution in [3.8, 4) is 0 Å². The first kappa shape index (κ1) is 21.3. The Morgan fingerprint density at radius 3 is 1.91 bits per heavy atom. The molecule has 0 rings (SSSR count). The number of halogens is 6. The number of allylic oxidation sites excluding steroid dienone is 1. The highest BCUT2D eigenvalue weighted by atomic mass is 19.4. The van der Waals surface area contributed by atoms with Crippen LogP contribution in [0.4, 0.5) is 26.3 Å². The Morgan fingerprint density at radius 2 is 1.48 bits per heavy atom. The molecule has 1 unspecified atom stereocenters. The summed E-state index contributed by atoms with van der Waals surface area (Å²) in [5.41, 5.74) is 0.880. The van der Waals surface area contributed by atoms with Crippen molar-refractivity contribution >= 4 is 11.9 Å². The van der Waals surface area contributed by atoms with E-state index in [0.29, 0.717) is 0 Å². The zero-order valence-electron chi connectivity index (χ0n) is 12.4. The van der Waals surface area contributed by atoms with Gasteiger partial charge in [-0.1, -0.05) is 5.57 Å². The van der Waals surface area contributed by atoms with Crippen LogP contribution in [0.5, 0.6) is 0 Å². The van der Waals surface area contributed by atoms with Gasteiger partial charge < -0.3 is 9.47 Å². The SMILES string of the molecule is CC(C)=CCOC(=O)CCC(=O)OCC(F)(F)C(F)C(F)(F)F. The topological polar surface area (TPSA) is 52.6 Å². The molecule has 0 aromatic rings. The fourth-order valence-electron chi connectivity index (χ4n) is 1.14. The standard InChI is InChI=1S/C13H16F6O4/c1-8(2)5-6-22-9(20)3-4-10(21)23-7-12(15,16)11(14)13(17,18)19/h5,11H,3-4,6-7H2,1-2H3. The summed E-state index contributed by atoms with van der Waals surface area (Å²) in [7, 11) is 0. The average molecular weight is 350 g/mol. The molecule has 23 heavy (non-hydrogen) atoms. The summed E-state index contributed by atoms with van der Waals surface area (Å²) in [6, 6.07) is 0. The van der Waals surface area contributed by atoms with E-state index in [-0.39, 0.29) is 6.61 Å². The summed E-state index contributed by atoms with van der Waals surface area (Å²) in [4.78, 5) is 22.2. The third-order valence-corrected chi connectivity index (χ3v) is 2.35. The van der Waals surface area contributed by atoms with Crippen molar-refractivity contribution in [3.63, 3.8) is 0 Å². The summed E-state index contributed by atoms with van der Waals surface area (Å²) in [6.07, 6.45) is -9.82. The van der Waals surface area contributed by atoms with E-state index in [9.17, 15) is 35.9 Å². The van der Waals surface area contributed by atoms with Crippen LogP contribution in [0.25, 0.3) is 0 Å². The van der Waals surface area contributed by atoms with Crippen molar-refractivity contribution in [1.82, 2.24) is 0 Å². The van der Waals surface area contributed by atoms with E-state index in [1.54, 1.807) is 19.9 Å². The second kappa shape index (κ2) is 8.78. The van der Waals surface area contributed by atoms with Crippen LogP contribution in [0.2, 0.25) is 0 Å². The Morgan fingerprint density at radius 1 is 1.00 bits per heavy atom. The number of esters is 2. The van der Waals surface area contributed by atoms with Crippen LogP contribution < -0.4 is 0 Å². The summed E-state index contributed by atoms with van der Waals surface area (Å²) >= 11 is 0. The quantitative estimate of drug-likeness (QED) is 0.383. The lowest BCUT2D eigenvalue weighted by Crippen LogP contribution is -2.45. The number of ether oxygens (including phenoxy) is 2. The number of hydrogen-bond acceptors (Lipinski definition) is 4. The highest BCUT2D eigenvalue weighted by Crippen LogP contribution is 2.35. The van der Waals surface area contributed by atoms with Crippen LogP contribution in [0, 0.1) is 0 Å². The Balaban J connectivity index is 4.17. The van der Waals surface area contributed by atoms with Gasteiger partial charge in [0.05, 0.1) is 12.8 Å². The average Bonchev–Trinajstić information content (AvgIpc) is 2.40. The summed E-state index contributed by atoms with van der Waals surface area (Å²) in [6.45, 7) is 1.40. The Kier molecular flexibility index (Phi) is 8.11. The van der Waals surface area contributed by atoms with Crippen LogP contribution in [0.15, 0.2) is 11.6 Å². The fourth-order valence-corrected chi connectivity index (χ4v) is 1.14. The molecule has 1 atom stereocenters. The van der Waals surface area contributed by atoms with Gasteiger partial charge in [-0.2, -0.15) is 22.0 Å². The van der Waals surface area contributed by atoms with Crippen LogP contribution in [-0.4, -0.2) is 43.4 Å². The van der Waals surface area contributed by atoms with E-state index in [1.807, 2.05) is 0 Å². The summed E-state index contributed by atoms with van der Waals surface area (Å²) < 4.78 is 82.2. The van der Waals surface area contributed by atoms with E-state index in [0.717, 1.165) is 5.57 Å². The van der Waals surface area contributed by atoms with Gasteiger partial charge in [0.2, 0.25) is 0 Å². The number of carbonyl (C=O) groups excluding carboxylic acids is 2. The van der Waals surface area contributed by atoms with Gasteiger partial charge in [-0.15, -0.1) is 0 Å². The van der Waals surface area contributed by atoms with E-state index in [1.165, 1.54) is 0 Å². The normalized spacial score (nSPS) is 13.2. The third-order valence-electron chi connectivity index (χ3n) is 2.35. The number of carbonyl (C=O) groups is 2. The molecule has 4 nitrogen and oxygen atoms in total. The smallest absolute Gasteiger partial charge is 0.425 e. The van der Waals surface area contributed by atoms with E-state index < -0.39 is 49.7 Å². The van der Waals surface area contributed by atoms with E-state index in [2.05, 4.69) is 9.47 Å². The summed E-state index contributed by atoms with van der Waals surface area (Å²) in [5, 5.41) is 0. The molecule has 0 aromatic carbocycles. The second-order valence-electron chi connectivity index (χ2n) is 4.79. The number of rotatable bonds is 8. The molecule has 0 saturated carbocycles. The molecule has 134 valence electrons. The molecule has 0 saturated heterocycles. The first-order chi connectivity index (χ1) is 10.4. The predicted octanol–water partition coefficient (Wildman–Crippen LogP) is 3.35. The highest BCUT2D eigenvalue weighted by molar-refractivity contribution is 5.77. The molecule has 0 fully saturated rings. The molecule has 0 radical (unpaired) electrons. The van der Waals surface area contributed by atoms with Crippen LogP contribution >= 0.6 is 0 Å². The third kappa shape index (κ3) is 9.09. The lowest BCUT2D eigenvalue weighted by molar-refractivity contribution is -0.254. The largest absolute Gasteiger partial charge is 0.461 e. The molecular weight excluding hydrogens is 334 g/mol. The van der Waals surface area contributed by atoms with Crippen molar-refractivity contribution in [3.05, 3.63) is 11.6 Å². The lowest BCUT2D eigenvalue weighted by atomic mass is 10.2. The van der Waals surface area contributed by atoms with Gasteiger partial charge in [0.25, 0.3) is 6.17 Å². The van der Waals surface area contributed by atoms with Crippen LogP contribution in [0.3, 0.4) is 0 Å². The Bertz CT molecular complexity index is 440. The molecule has 10 heteroatoms. The monoisotopic (exact) mass is 350 g/mol. The minimum absolute atomic E-state index is 0.0383. The van der Waals surface area contributed by atoms with Gasteiger partial charge in [-0.3, -0.25) is 9.59 Å². The zero-order valence-corrected chi connectivity index (χ0v) is 12.4. The van der Waals surface area contributed by atoms with Gasteiger partial charge in [0.15, 0.2) is 6.61 Å². The van der Waals surface area contributed by atoms with Crippen molar-refractivity contribution < 1.29 is 45.4 Å². The van der Waals surface area contributed by atoms with E-state index >= 15 is 0 Å². The molecule has 0 heterocycles. The molecule has 0 bridgehead atoms. The molecular formula is C13H16F6O4. The van der Waals surface area contributed by atoms with Crippen LogP contribution in [0.1, 0.15) is 26.7 Å². The van der Waals surface area contributed by atoms with Crippen LogP contribution in [-0.2, 0) is 19.1 Å². The molecule has 0 amide bonds. The number of alkyl halides is 6. The Labute approximate surface area is 128 Å². The van der Waals surface area contributed by atoms with E-state index in [4.69, 9.17) is 0 Å². The molecule has 0 aromatic heterocycles. The van der Waals surface area contributed by atoms with Gasteiger partial charge in [0.1, 0.15) is 6.61 Å². The lowest BCUT2D eigenvalue weighted by Gasteiger charge is -2.22. The first-order valence-electron chi connectivity index (χ1n) is 6.39.